The van der Waals surface area contributed by atoms with Crippen molar-refractivity contribution in [2.24, 2.45) is 0 Å². The largest absolute Gasteiger partial charge is 0.503 e. The number of alkyl halides is 3. The monoisotopic (exact) mass is 532 g/mol. The first kappa shape index (κ1) is 25.7. The average molecular weight is 533 g/mol. The van der Waals surface area contributed by atoms with Crippen LogP contribution in [0, 0.1) is 11.6 Å². The van der Waals surface area contributed by atoms with E-state index >= 15 is 0 Å². The quantitative estimate of drug-likeness (QED) is 0.325. The Morgan fingerprint density at radius 3 is 2.55 bits per heavy atom. The lowest BCUT2D eigenvalue weighted by atomic mass is 10.0. The maximum Gasteiger partial charge on any atom is 0.419 e. The SMILES string of the molecule is CCn1nc(-c2cc(C(F)(F)F)c(F)c(O)c2F)c2cnc(N(C)CC3CCCN3c3ccccc3)nc21. The number of hydrogen-bond donors (Lipinski definition) is 1. The molecule has 1 aliphatic heterocycles. The fourth-order valence-electron chi connectivity index (χ4n) is 4.94. The second-order valence-electron chi connectivity index (χ2n) is 9.22. The number of fused-ring (bicyclic) bond motifs is 1. The van der Waals surface area contributed by atoms with E-state index in [1.165, 1.54) is 10.9 Å². The van der Waals surface area contributed by atoms with E-state index in [9.17, 15) is 27.1 Å². The second kappa shape index (κ2) is 9.73. The summed E-state index contributed by atoms with van der Waals surface area (Å²) in [5.41, 5.74) is -1.29. The fourth-order valence-corrected chi connectivity index (χ4v) is 4.94. The minimum absolute atomic E-state index is 0.175. The zero-order valence-electron chi connectivity index (χ0n) is 20.7. The van der Waals surface area contributed by atoms with E-state index in [-0.39, 0.29) is 29.3 Å². The van der Waals surface area contributed by atoms with Crippen LogP contribution in [0.1, 0.15) is 25.3 Å². The maximum absolute atomic E-state index is 14.8. The molecule has 1 aliphatic rings. The van der Waals surface area contributed by atoms with Crippen LogP contribution in [-0.4, -0.2) is 51.0 Å². The molecule has 0 aliphatic carbocycles. The first-order chi connectivity index (χ1) is 18.1. The summed E-state index contributed by atoms with van der Waals surface area (Å²) in [5.74, 6) is -4.96. The van der Waals surface area contributed by atoms with Crippen LogP contribution in [0.15, 0.2) is 42.6 Å². The third-order valence-electron chi connectivity index (χ3n) is 6.80. The van der Waals surface area contributed by atoms with Crippen LogP contribution in [0.2, 0.25) is 0 Å². The van der Waals surface area contributed by atoms with Gasteiger partial charge in [0.1, 0.15) is 5.69 Å². The number of aryl methyl sites for hydroxylation is 1. The maximum atomic E-state index is 14.8. The summed E-state index contributed by atoms with van der Waals surface area (Å²) < 4.78 is 70.3. The summed E-state index contributed by atoms with van der Waals surface area (Å²) in [6.45, 7) is 3.59. The third kappa shape index (κ3) is 4.48. The van der Waals surface area contributed by atoms with E-state index in [1.807, 2.05) is 30.1 Å². The molecule has 4 aromatic rings. The molecule has 1 atom stereocenters. The van der Waals surface area contributed by atoms with Crippen LogP contribution >= 0.6 is 0 Å². The number of aromatic hydroxyl groups is 1. The molecule has 0 bridgehead atoms. The first-order valence-corrected chi connectivity index (χ1v) is 12.1. The summed E-state index contributed by atoms with van der Waals surface area (Å²) >= 11 is 0. The van der Waals surface area contributed by atoms with Crippen LogP contribution in [0.4, 0.5) is 33.6 Å². The smallest absolute Gasteiger partial charge is 0.419 e. The number of phenolic OH excluding ortho intramolecular Hbond substituents is 1. The Hall–Kier alpha value is -3.96. The molecule has 1 fully saturated rings. The molecule has 2 aromatic carbocycles. The van der Waals surface area contributed by atoms with Gasteiger partial charge in [-0.2, -0.15) is 23.3 Å². The van der Waals surface area contributed by atoms with Crippen molar-refractivity contribution in [3.8, 4) is 17.0 Å². The molecule has 12 heteroatoms. The predicted molar refractivity (Wildman–Crippen MR) is 133 cm³/mol. The van der Waals surface area contributed by atoms with Gasteiger partial charge >= 0.3 is 6.18 Å². The third-order valence-corrected chi connectivity index (χ3v) is 6.80. The van der Waals surface area contributed by atoms with Crippen molar-refractivity contribution < 1.29 is 27.1 Å². The Morgan fingerprint density at radius 1 is 1.13 bits per heavy atom. The molecule has 200 valence electrons. The number of likely N-dealkylation sites (N-methyl/N-ethyl adjacent to an activating group) is 1. The highest BCUT2D eigenvalue weighted by molar-refractivity contribution is 5.91. The van der Waals surface area contributed by atoms with Gasteiger partial charge in [-0.1, -0.05) is 18.2 Å². The van der Waals surface area contributed by atoms with E-state index in [1.54, 1.807) is 6.92 Å². The number of anilines is 2. The van der Waals surface area contributed by atoms with Gasteiger partial charge in [0, 0.05) is 50.2 Å². The molecule has 7 nitrogen and oxygen atoms in total. The fraction of sp³-hybridized carbons (Fsp3) is 0.346. The van der Waals surface area contributed by atoms with Crippen molar-refractivity contribution in [1.29, 1.82) is 0 Å². The molecule has 3 heterocycles. The van der Waals surface area contributed by atoms with Gasteiger partial charge < -0.3 is 14.9 Å². The van der Waals surface area contributed by atoms with Crippen molar-refractivity contribution in [1.82, 2.24) is 19.7 Å². The molecular formula is C26H25F5N6O. The summed E-state index contributed by atoms with van der Waals surface area (Å²) in [6.07, 6.45) is -1.74. The molecule has 0 saturated carbocycles. The van der Waals surface area contributed by atoms with Gasteiger partial charge in [0.05, 0.1) is 10.9 Å². The van der Waals surface area contributed by atoms with Gasteiger partial charge in [-0.15, -0.1) is 0 Å². The summed E-state index contributed by atoms with van der Waals surface area (Å²) in [4.78, 5) is 13.2. The average Bonchev–Trinajstić information content (AvgIpc) is 3.51. The van der Waals surface area contributed by atoms with Gasteiger partial charge in [-0.05, 0) is 38.0 Å². The summed E-state index contributed by atoms with van der Waals surface area (Å²) in [7, 11) is 1.85. The van der Waals surface area contributed by atoms with E-state index in [4.69, 9.17) is 0 Å². The number of para-hydroxylation sites is 1. The topological polar surface area (TPSA) is 70.3 Å². The van der Waals surface area contributed by atoms with Gasteiger partial charge in [0.15, 0.2) is 23.0 Å². The number of benzene rings is 2. The minimum Gasteiger partial charge on any atom is -0.503 e. The molecule has 1 unspecified atom stereocenters. The number of rotatable bonds is 6. The van der Waals surface area contributed by atoms with Gasteiger partial charge in [0.25, 0.3) is 0 Å². The van der Waals surface area contributed by atoms with Crippen LogP contribution in [0.5, 0.6) is 5.75 Å². The van der Waals surface area contributed by atoms with E-state index < -0.39 is 34.7 Å². The molecular weight excluding hydrogens is 507 g/mol. The number of aromatic nitrogens is 4. The van der Waals surface area contributed by atoms with E-state index in [0.717, 1.165) is 25.1 Å². The Labute approximate surface area is 215 Å². The number of phenols is 1. The van der Waals surface area contributed by atoms with E-state index in [2.05, 4.69) is 32.1 Å². The lowest BCUT2D eigenvalue weighted by Gasteiger charge is -2.30. The molecule has 2 aromatic heterocycles. The summed E-state index contributed by atoms with van der Waals surface area (Å²) in [6, 6.07) is 10.6. The number of halogens is 5. The van der Waals surface area contributed by atoms with Crippen molar-refractivity contribution >= 4 is 22.7 Å². The highest BCUT2D eigenvalue weighted by Gasteiger charge is 2.38. The normalized spacial score (nSPS) is 16.0. The number of hydrogen-bond acceptors (Lipinski definition) is 6. The van der Waals surface area contributed by atoms with Crippen LogP contribution in [0.25, 0.3) is 22.3 Å². The molecule has 0 radical (unpaired) electrons. The molecule has 38 heavy (non-hydrogen) atoms. The standard InChI is InChI=1S/C26H25F5N6O/c1-3-37-24-18(22(34-37)17-12-19(26(29,30)31)21(28)23(38)20(17)27)13-32-25(33-24)35(2)14-16-10-7-11-36(16)15-8-5-4-6-9-15/h4-6,8-9,12-13,16,38H,3,7,10-11,14H2,1-2H3. The zero-order chi connectivity index (χ0) is 27.2. The lowest BCUT2D eigenvalue weighted by molar-refractivity contribution is -0.140. The van der Waals surface area contributed by atoms with E-state index in [0.29, 0.717) is 18.6 Å². The van der Waals surface area contributed by atoms with Crippen molar-refractivity contribution in [3.63, 3.8) is 0 Å². The second-order valence-corrected chi connectivity index (χ2v) is 9.22. The van der Waals surface area contributed by atoms with Crippen molar-refractivity contribution in [3.05, 3.63) is 59.8 Å². The highest BCUT2D eigenvalue weighted by Crippen LogP contribution is 2.41. The molecule has 1 N–H and O–H groups in total. The van der Waals surface area contributed by atoms with Crippen LogP contribution < -0.4 is 9.80 Å². The van der Waals surface area contributed by atoms with Crippen molar-refractivity contribution in [2.45, 2.75) is 38.5 Å². The Morgan fingerprint density at radius 2 is 1.87 bits per heavy atom. The number of nitrogens with zero attached hydrogens (tertiary/aromatic N) is 6. The van der Waals surface area contributed by atoms with Gasteiger partial charge in [-0.25, -0.2) is 18.4 Å². The molecule has 1 saturated heterocycles. The molecule has 0 amide bonds. The van der Waals surface area contributed by atoms with Crippen LogP contribution in [0.3, 0.4) is 0 Å². The Bertz CT molecular complexity index is 1470. The Kier molecular flexibility index (Phi) is 6.58. The predicted octanol–water partition coefficient (Wildman–Crippen LogP) is 5.62. The Balaban J connectivity index is 1.51. The lowest BCUT2D eigenvalue weighted by Crippen LogP contribution is -2.39. The van der Waals surface area contributed by atoms with Crippen molar-refractivity contribution in [2.75, 3.05) is 29.9 Å². The molecule has 0 spiro atoms. The van der Waals surface area contributed by atoms with Gasteiger partial charge in [-0.3, -0.25) is 0 Å². The van der Waals surface area contributed by atoms with Crippen LogP contribution in [-0.2, 0) is 12.7 Å². The minimum atomic E-state index is -5.15. The van der Waals surface area contributed by atoms with Gasteiger partial charge in [0.2, 0.25) is 5.95 Å². The summed E-state index contributed by atoms with van der Waals surface area (Å²) in [5, 5.41) is 14.2. The first-order valence-electron chi connectivity index (χ1n) is 12.1. The highest BCUT2D eigenvalue weighted by atomic mass is 19.4. The zero-order valence-corrected chi connectivity index (χ0v) is 20.7. The molecule has 5 rings (SSSR count).